The summed E-state index contributed by atoms with van der Waals surface area (Å²) in [6, 6.07) is 16.9. The van der Waals surface area contributed by atoms with Crippen molar-refractivity contribution in [2.75, 3.05) is 0 Å². The van der Waals surface area contributed by atoms with Crippen molar-refractivity contribution in [3.63, 3.8) is 0 Å². The Morgan fingerprint density at radius 1 is 1.00 bits per heavy atom. The fourth-order valence-corrected chi connectivity index (χ4v) is 3.52. The average molecular weight is 347 g/mol. The van der Waals surface area contributed by atoms with E-state index in [0.717, 1.165) is 15.9 Å². The van der Waals surface area contributed by atoms with Crippen LogP contribution in [0, 0.1) is 0 Å². The number of carbonyl (C=O) groups excluding carboxylic acids is 2. The lowest BCUT2D eigenvalue weighted by Gasteiger charge is -1.98. The highest BCUT2D eigenvalue weighted by molar-refractivity contribution is 7.20. The first-order chi connectivity index (χ1) is 12.1. The van der Waals surface area contributed by atoms with Crippen LogP contribution >= 0.6 is 11.3 Å². The molecule has 0 amide bonds. The molecule has 0 aliphatic rings. The van der Waals surface area contributed by atoms with Gasteiger partial charge < -0.3 is 0 Å². The van der Waals surface area contributed by atoms with E-state index in [1.54, 1.807) is 10.9 Å². The first kappa shape index (κ1) is 15.4. The zero-order chi connectivity index (χ0) is 17.4. The first-order valence-corrected chi connectivity index (χ1v) is 8.51. The highest BCUT2D eigenvalue weighted by atomic mass is 32.1. The zero-order valence-electron chi connectivity index (χ0n) is 13.3. The molecule has 6 heteroatoms. The molecule has 0 aliphatic carbocycles. The number of carbonyl (C=O) groups is 2. The van der Waals surface area contributed by atoms with Gasteiger partial charge in [0.05, 0.1) is 21.5 Å². The van der Waals surface area contributed by atoms with Crippen LogP contribution in [0.5, 0.6) is 0 Å². The number of hydrogen-bond acceptors (Lipinski definition) is 5. The van der Waals surface area contributed by atoms with Crippen LogP contribution in [0.25, 0.3) is 15.9 Å². The number of para-hydroxylation sites is 2. The fraction of sp³-hybridized carbons (Fsp3) is 0.0526. The normalized spacial score (nSPS) is 10.9. The average Bonchev–Trinajstić information content (AvgIpc) is 3.26. The lowest BCUT2D eigenvalue weighted by Crippen LogP contribution is -2.06. The van der Waals surface area contributed by atoms with E-state index >= 15 is 0 Å². The summed E-state index contributed by atoms with van der Waals surface area (Å²) < 4.78 is 2.49. The summed E-state index contributed by atoms with van der Waals surface area (Å²) in [5.74, 6) is -0.535. The van der Waals surface area contributed by atoms with Crippen molar-refractivity contribution in [2.24, 2.45) is 0 Å². The van der Waals surface area contributed by atoms with E-state index in [9.17, 15) is 9.59 Å². The molecular weight excluding hydrogens is 334 g/mol. The molecule has 0 aliphatic heterocycles. The topological polar surface area (TPSA) is 64.8 Å². The predicted molar refractivity (Wildman–Crippen MR) is 96.6 cm³/mol. The summed E-state index contributed by atoms with van der Waals surface area (Å²) in [6.45, 7) is 1.41. The van der Waals surface area contributed by atoms with Crippen molar-refractivity contribution in [3.05, 3.63) is 77.1 Å². The van der Waals surface area contributed by atoms with Crippen molar-refractivity contribution >= 4 is 33.1 Å². The van der Waals surface area contributed by atoms with Crippen LogP contribution in [0.15, 0.2) is 60.8 Å². The molecule has 0 radical (unpaired) electrons. The van der Waals surface area contributed by atoms with E-state index in [2.05, 4.69) is 10.1 Å². The van der Waals surface area contributed by atoms with Crippen LogP contribution in [-0.4, -0.2) is 26.3 Å². The SMILES string of the molecule is CC(=O)c1nn(-c2ccccc2)cc1C(=O)c1nc2ccccc2s1. The maximum atomic E-state index is 12.9. The van der Waals surface area contributed by atoms with Crippen LogP contribution in [0.2, 0.25) is 0 Å². The predicted octanol–water partition coefficient (Wildman–Crippen LogP) is 3.92. The van der Waals surface area contributed by atoms with Crippen molar-refractivity contribution < 1.29 is 9.59 Å². The molecule has 25 heavy (non-hydrogen) atoms. The Morgan fingerprint density at radius 3 is 2.44 bits per heavy atom. The molecular formula is C19H13N3O2S. The lowest BCUT2D eigenvalue weighted by molar-refractivity contribution is 0.0987. The van der Waals surface area contributed by atoms with Crippen molar-refractivity contribution in [2.45, 2.75) is 6.92 Å². The van der Waals surface area contributed by atoms with Gasteiger partial charge >= 0.3 is 0 Å². The highest BCUT2D eigenvalue weighted by Crippen LogP contribution is 2.25. The standard InChI is InChI=1S/C19H13N3O2S/c1-12(23)17-14(11-22(21-17)13-7-3-2-4-8-13)18(24)19-20-15-9-5-6-10-16(15)25-19/h2-11H,1H3. The van der Waals surface area contributed by atoms with Gasteiger partial charge in [0, 0.05) is 13.1 Å². The van der Waals surface area contributed by atoms with Gasteiger partial charge in [-0.3, -0.25) is 9.59 Å². The van der Waals surface area contributed by atoms with Crippen LogP contribution in [0.4, 0.5) is 0 Å². The molecule has 122 valence electrons. The molecule has 0 N–H and O–H groups in total. The smallest absolute Gasteiger partial charge is 0.225 e. The van der Waals surface area contributed by atoms with Gasteiger partial charge in [-0.25, -0.2) is 9.67 Å². The second kappa shape index (κ2) is 6.07. The summed E-state index contributed by atoms with van der Waals surface area (Å²) in [7, 11) is 0. The zero-order valence-corrected chi connectivity index (χ0v) is 14.2. The van der Waals surface area contributed by atoms with Crippen LogP contribution in [0.3, 0.4) is 0 Å². The minimum atomic E-state index is -0.284. The quantitative estimate of drug-likeness (QED) is 0.525. The Bertz CT molecular complexity index is 1060. The minimum Gasteiger partial charge on any atom is -0.293 e. The number of aromatic nitrogens is 3. The van der Waals surface area contributed by atoms with E-state index in [-0.39, 0.29) is 22.8 Å². The van der Waals surface area contributed by atoms with E-state index in [1.165, 1.54) is 18.3 Å². The Kier molecular flexibility index (Phi) is 3.74. The lowest BCUT2D eigenvalue weighted by atomic mass is 10.1. The van der Waals surface area contributed by atoms with Gasteiger partial charge in [0.1, 0.15) is 5.69 Å². The molecule has 0 spiro atoms. The Morgan fingerprint density at radius 2 is 1.72 bits per heavy atom. The van der Waals surface area contributed by atoms with Gasteiger partial charge in [-0.1, -0.05) is 30.3 Å². The maximum absolute atomic E-state index is 12.9. The molecule has 4 aromatic rings. The molecule has 0 saturated heterocycles. The molecule has 0 saturated carbocycles. The van der Waals surface area contributed by atoms with Crippen molar-refractivity contribution in [1.82, 2.24) is 14.8 Å². The summed E-state index contributed by atoms with van der Waals surface area (Å²) in [5, 5.41) is 4.66. The number of hydrogen-bond donors (Lipinski definition) is 0. The Hall–Kier alpha value is -3.12. The largest absolute Gasteiger partial charge is 0.293 e. The van der Waals surface area contributed by atoms with Crippen molar-refractivity contribution in [3.8, 4) is 5.69 Å². The number of Topliss-reactive ketones (excluding diaryl/α,β-unsaturated/α-hetero) is 1. The van der Waals surface area contributed by atoms with E-state index < -0.39 is 0 Å². The molecule has 0 atom stereocenters. The number of benzene rings is 2. The Labute approximate surface area is 147 Å². The Balaban J connectivity index is 1.82. The third-order valence-corrected chi connectivity index (χ3v) is 4.84. The van der Waals surface area contributed by atoms with Gasteiger partial charge in [0.15, 0.2) is 10.8 Å². The van der Waals surface area contributed by atoms with Crippen LogP contribution in [-0.2, 0) is 0 Å². The van der Waals surface area contributed by atoms with Gasteiger partial charge in [-0.05, 0) is 24.3 Å². The molecule has 2 aromatic carbocycles. The third kappa shape index (κ3) is 2.77. The highest BCUT2D eigenvalue weighted by Gasteiger charge is 2.23. The van der Waals surface area contributed by atoms with Crippen LogP contribution in [0.1, 0.15) is 32.8 Å². The number of thiazole rings is 1. The van der Waals surface area contributed by atoms with Gasteiger partial charge in [-0.2, -0.15) is 5.10 Å². The molecule has 5 nitrogen and oxygen atoms in total. The fourth-order valence-electron chi connectivity index (χ4n) is 2.60. The summed E-state index contributed by atoms with van der Waals surface area (Å²) >= 11 is 1.32. The molecule has 0 fully saturated rings. The second-order valence-corrected chi connectivity index (χ2v) is 6.57. The summed E-state index contributed by atoms with van der Waals surface area (Å²) in [5.41, 5.74) is 1.99. The monoisotopic (exact) mass is 347 g/mol. The van der Waals surface area contributed by atoms with E-state index in [1.807, 2.05) is 54.6 Å². The molecule has 2 aromatic heterocycles. The van der Waals surface area contributed by atoms with Gasteiger partial charge in [0.25, 0.3) is 0 Å². The van der Waals surface area contributed by atoms with Gasteiger partial charge in [-0.15, -0.1) is 11.3 Å². The number of rotatable bonds is 4. The number of nitrogens with zero attached hydrogens (tertiary/aromatic N) is 3. The molecule has 4 rings (SSSR count). The summed E-state index contributed by atoms with van der Waals surface area (Å²) in [4.78, 5) is 29.3. The van der Waals surface area contributed by atoms with E-state index in [4.69, 9.17) is 0 Å². The third-order valence-electron chi connectivity index (χ3n) is 3.80. The maximum Gasteiger partial charge on any atom is 0.225 e. The van der Waals surface area contributed by atoms with Crippen LogP contribution < -0.4 is 0 Å². The number of ketones is 2. The molecule has 2 heterocycles. The van der Waals surface area contributed by atoms with E-state index in [0.29, 0.717) is 5.01 Å². The second-order valence-electron chi connectivity index (χ2n) is 5.54. The summed E-state index contributed by atoms with van der Waals surface area (Å²) in [6.07, 6.45) is 1.60. The van der Waals surface area contributed by atoms with Gasteiger partial charge in [0.2, 0.25) is 5.78 Å². The molecule has 0 bridgehead atoms. The minimum absolute atomic E-state index is 0.160. The molecule has 0 unspecified atom stereocenters. The number of fused-ring (bicyclic) bond motifs is 1. The first-order valence-electron chi connectivity index (χ1n) is 7.70. The van der Waals surface area contributed by atoms with Crippen molar-refractivity contribution in [1.29, 1.82) is 0 Å².